The van der Waals surface area contributed by atoms with E-state index in [0.29, 0.717) is 30.6 Å². The van der Waals surface area contributed by atoms with E-state index in [1.165, 1.54) is 11.1 Å². The highest BCUT2D eigenvalue weighted by molar-refractivity contribution is 7.84. The lowest BCUT2D eigenvalue weighted by Crippen LogP contribution is -2.44. The van der Waals surface area contributed by atoms with Crippen LogP contribution in [-0.4, -0.2) is 82.5 Å². The number of likely N-dealkylation sites (N-methyl/N-ethyl adjacent to an activating group) is 1. The second kappa shape index (κ2) is 18.0. The van der Waals surface area contributed by atoms with Crippen LogP contribution < -0.4 is 14.4 Å². The zero-order chi connectivity index (χ0) is 35.0. The SMILES string of the molecule is CC(C)N(C)CCO.CCCc1cc(Cl)ccc1C1COc2ccc3cc2N(C1)CC1CCC1C(O)/C=C/CC(C)C(C)S(=O)NC3=O. The summed E-state index contributed by atoms with van der Waals surface area (Å²) in [5, 5.41) is 20.0. The Morgan fingerprint density at radius 2 is 1.92 bits per heavy atom. The van der Waals surface area contributed by atoms with E-state index in [1.807, 2.05) is 51.2 Å². The molecule has 1 amide bonds. The van der Waals surface area contributed by atoms with Gasteiger partial charge in [0.15, 0.2) is 0 Å². The molecule has 266 valence electrons. The standard InChI is InChI=1S/C32H41ClN2O4S.C6H15NO/c1-4-6-22-15-26(33)11-13-27(22)25-18-35-17-24-9-12-28(24)30(36)8-5-7-20(2)21(3)40(38)34-32(37)23-10-14-31(39-19-25)29(35)16-23;1-6(2)7(3)4-5-8/h5,8,10-11,13-16,20-21,24-25,28,30,36H,4,6-7,9,12,17-19H2,1-3H3,(H,34,37);6,8H,4-5H2,1-3H3/b8-5+;. The lowest BCUT2D eigenvalue weighted by molar-refractivity contribution is 0.0461. The zero-order valence-corrected chi connectivity index (χ0v) is 31.1. The number of halogens is 1. The Morgan fingerprint density at radius 1 is 1.15 bits per heavy atom. The third-order valence-corrected chi connectivity index (χ3v) is 12.1. The Kier molecular flexibility index (Phi) is 14.4. The van der Waals surface area contributed by atoms with Gasteiger partial charge in [-0.15, -0.1) is 0 Å². The lowest BCUT2D eigenvalue weighted by Gasteiger charge is -2.42. The van der Waals surface area contributed by atoms with Crippen LogP contribution in [-0.2, 0) is 17.4 Å². The van der Waals surface area contributed by atoms with Crippen molar-refractivity contribution in [1.29, 1.82) is 0 Å². The Bertz CT molecular complexity index is 1420. The van der Waals surface area contributed by atoms with Crippen LogP contribution in [0.2, 0.25) is 5.02 Å². The Labute approximate surface area is 295 Å². The van der Waals surface area contributed by atoms with Crippen molar-refractivity contribution in [2.45, 2.75) is 90.0 Å². The van der Waals surface area contributed by atoms with Gasteiger partial charge in [-0.3, -0.25) is 9.52 Å². The van der Waals surface area contributed by atoms with E-state index < -0.39 is 17.1 Å². The summed E-state index contributed by atoms with van der Waals surface area (Å²) in [6.07, 6.45) is 8.14. The lowest BCUT2D eigenvalue weighted by atomic mass is 9.70. The van der Waals surface area contributed by atoms with Crippen molar-refractivity contribution in [2.75, 3.05) is 44.8 Å². The van der Waals surface area contributed by atoms with Gasteiger partial charge in [-0.1, -0.05) is 50.1 Å². The number of hydrogen-bond donors (Lipinski definition) is 3. The minimum atomic E-state index is -1.53. The summed E-state index contributed by atoms with van der Waals surface area (Å²) in [7, 11) is 0.469. The van der Waals surface area contributed by atoms with Crippen LogP contribution in [0.25, 0.3) is 0 Å². The van der Waals surface area contributed by atoms with Crippen LogP contribution in [0.4, 0.5) is 5.69 Å². The van der Waals surface area contributed by atoms with Gasteiger partial charge in [0.2, 0.25) is 0 Å². The minimum absolute atomic E-state index is 0.0908. The van der Waals surface area contributed by atoms with Crippen LogP contribution in [0.5, 0.6) is 5.75 Å². The largest absolute Gasteiger partial charge is 0.491 e. The van der Waals surface area contributed by atoms with E-state index in [2.05, 4.69) is 47.4 Å². The molecule has 2 bridgehead atoms. The molecule has 1 saturated carbocycles. The number of aryl methyl sites for hydroxylation is 1. The molecule has 0 aromatic heterocycles. The van der Waals surface area contributed by atoms with Crippen molar-refractivity contribution >= 4 is 34.2 Å². The van der Waals surface area contributed by atoms with Gasteiger partial charge >= 0.3 is 0 Å². The first-order valence-corrected chi connectivity index (χ1v) is 19.2. The maximum Gasteiger partial charge on any atom is 0.263 e. The van der Waals surface area contributed by atoms with Gasteiger partial charge in [0.1, 0.15) is 16.7 Å². The van der Waals surface area contributed by atoms with Gasteiger partial charge in [0, 0.05) is 42.2 Å². The molecule has 7 unspecified atom stereocenters. The van der Waals surface area contributed by atoms with Crippen molar-refractivity contribution in [3.8, 4) is 5.75 Å². The molecule has 48 heavy (non-hydrogen) atoms. The third-order valence-electron chi connectivity index (χ3n) is 10.4. The highest BCUT2D eigenvalue weighted by Gasteiger charge is 2.38. The number of amides is 1. The predicted molar refractivity (Wildman–Crippen MR) is 197 cm³/mol. The first-order chi connectivity index (χ1) is 22.9. The number of anilines is 1. The van der Waals surface area contributed by atoms with Crippen molar-refractivity contribution in [1.82, 2.24) is 9.62 Å². The fourth-order valence-electron chi connectivity index (χ4n) is 6.65. The molecule has 0 spiro atoms. The summed E-state index contributed by atoms with van der Waals surface area (Å²) in [4.78, 5) is 17.7. The minimum Gasteiger partial charge on any atom is -0.491 e. The maximum atomic E-state index is 13.2. The Hall–Kier alpha value is -2.43. The molecule has 0 saturated heterocycles. The van der Waals surface area contributed by atoms with Gasteiger partial charge in [-0.2, -0.15) is 0 Å². The second-order valence-electron chi connectivity index (χ2n) is 14.1. The fourth-order valence-corrected chi connectivity index (χ4v) is 7.86. The van der Waals surface area contributed by atoms with E-state index in [4.69, 9.17) is 21.4 Å². The normalized spacial score (nSPS) is 28.3. The van der Waals surface area contributed by atoms with Gasteiger partial charge in [0.25, 0.3) is 5.91 Å². The molecule has 0 radical (unpaired) electrons. The average molecular weight is 702 g/mol. The second-order valence-corrected chi connectivity index (χ2v) is 16.0. The quantitative estimate of drug-likeness (QED) is 0.302. The molecule has 7 atom stereocenters. The van der Waals surface area contributed by atoms with Crippen LogP contribution in [0.1, 0.15) is 87.7 Å². The number of aliphatic hydroxyl groups excluding tert-OH is 2. The number of benzene rings is 2. The molecule has 1 aliphatic carbocycles. The number of carbonyl (C=O) groups is 1. The first kappa shape index (κ1) is 38.4. The summed E-state index contributed by atoms with van der Waals surface area (Å²) in [6.45, 7) is 13.4. The summed E-state index contributed by atoms with van der Waals surface area (Å²) in [5.41, 5.74) is 3.83. The average Bonchev–Trinajstić information content (AvgIpc) is 3.21. The fraction of sp³-hybridized carbons (Fsp3) is 0.605. The molecule has 3 aliphatic rings. The van der Waals surface area contributed by atoms with E-state index in [1.54, 1.807) is 6.07 Å². The number of carbonyl (C=O) groups excluding carboxylic acids is 1. The Balaban J connectivity index is 0.000000579. The summed E-state index contributed by atoms with van der Waals surface area (Å²) < 4.78 is 22.1. The molecule has 3 N–H and O–H groups in total. The number of hydrogen-bond acceptors (Lipinski definition) is 7. The number of nitrogens with zero attached hydrogens (tertiary/aromatic N) is 2. The van der Waals surface area contributed by atoms with Crippen molar-refractivity contribution < 1.29 is 24.0 Å². The number of fused-ring (bicyclic) bond motifs is 2. The van der Waals surface area contributed by atoms with Crippen LogP contribution in [0.3, 0.4) is 0 Å². The molecule has 10 heteroatoms. The summed E-state index contributed by atoms with van der Waals surface area (Å²) >= 11 is 6.38. The summed E-state index contributed by atoms with van der Waals surface area (Å²) in [5.74, 6) is 1.13. The highest BCUT2D eigenvalue weighted by Crippen LogP contribution is 2.42. The molecule has 2 aliphatic heterocycles. The predicted octanol–water partition coefficient (Wildman–Crippen LogP) is 6.36. The monoisotopic (exact) mass is 701 g/mol. The van der Waals surface area contributed by atoms with E-state index in [-0.39, 0.29) is 35.5 Å². The van der Waals surface area contributed by atoms with Crippen LogP contribution in [0, 0.1) is 17.8 Å². The zero-order valence-electron chi connectivity index (χ0n) is 29.5. The van der Waals surface area contributed by atoms with E-state index >= 15 is 0 Å². The third kappa shape index (κ3) is 9.84. The molecular weight excluding hydrogens is 646 g/mol. The molecule has 1 fully saturated rings. The number of nitrogens with one attached hydrogen (secondary N) is 1. The smallest absolute Gasteiger partial charge is 0.263 e. The molecule has 2 heterocycles. The van der Waals surface area contributed by atoms with Gasteiger partial charge in [-0.05, 0) is 113 Å². The topological polar surface area (TPSA) is 102 Å². The van der Waals surface area contributed by atoms with Crippen LogP contribution in [0.15, 0.2) is 48.6 Å². The molecule has 8 nitrogen and oxygen atoms in total. The maximum absolute atomic E-state index is 13.2. The molecule has 2 aromatic rings. The van der Waals surface area contributed by atoms with Gasteiger partial charge in [-0.25, -0.2) is 4.21 Å². The van der Waals surface area contributed by atoms with Gasteiger partial charge < -0.3 is 24.7 Å². The number of allylic oxidation sites excluding steroid dienone is 1. The van der Waals surface area contributed by atoms with E-state index in [0.717, 1.165) is 61.8 Å². The van der Waals surface area contributed by atoms with Crippen LogP contribution >= 0.6 is 11.6 Å². The Morgan fingerprint density at radius 3 is 2.56 bits per heavy atom. The number of rotatable bonds is 6. The van der Waals surface area contributed by atoms with Crippen molar-refractivity contribution in [2.24, 2.45) is 17.8 Å². The van der Waals surface area contributed by atoms with Gasteiger partial charge in [0.05, 0.1) is 30.3 Å². The molecular formula is C38H56ClN3O5S. The first-order valence-electron chi connectivity index (χ1n) is 17.6. The molecule has 2 aromatic carbocycles. The summed E-state index contributed by atoms with van der Waals surface area (Å²) in [6, 6.07) is 12.2. The highest BCUT2D eigenvalue weighted by atomic mass is 35.5. The van der Waals surface area contributed by atoms with E-state index in [9.17, 15) is 14.1 Å². The number of ether oxygens (including phenoxy) is 1. The van der Waals surface area contributed by atoms with Crippen molar-refractivity contribution in [3.05, 3.63) is 70.3 Å². The van der Waals surface area contributed by atoms with Crippen molar-refractivity contribution in [3.63, 3.8) is 0 Å². The molecule has 5 rings (SSSR count). The number of aliphatic hydroxyl groups is 2.